The van der Waals surface area contributed by atoms with Crippen molar-refractivity contribution in [2.24, 2.45) is 5.73 Å². The highest BCUT2D eigenvalue weighted by atomic mass is 19.1. The van der Waals surface area contributed by atoms with Crippen molar-refractivity contribution < 1.29 is 13.9 Å². The Hall–Kier alpha value is -1.42. The van der Waals surface area contributed by atoms with E-state index in [-0.39, 0.29) is 12.2 Å². The van der Waals surface area contributed by atoms with E-state index in [1.165, 1.54) is 13.2 Å². The van der Waals surface area contributed by atoms with Gasteiger partial charge < -0.3 is 10.5 Å². The van der Waals surface area contributed by atoms with Crippen molar-refractivity contribution in [1.29, 1.82) is 0 Å². The standard InChI is InChI=1S/C10H12FNO2/c1-14-10(13)9(12)6-7-4-2-3-5-8(7)11/h2-5,9H,6,12H2,1H3/t9-/m1/s1. The Balaban J connectivity index is 2.69. The van der Waals surface area contributed by atoms with Gasteiger partial charge in [0.25, 0.3) is 0 Å². The third-order valence-corrected chi connectivity index (χ3v) is 1.90. The molecule has 4 heteroatoms. The number of halogens is 1. The summed E-state index contributed by atoms with van der Waals surface area (Å²) in [5.74, 6) is -0.889. The monoisotopic (exact) mass is 197 g/mol. The zero-order valence-electron chi connectivity index (χ0n) is 7.87. The van der Waals surface area contributed by atoms with Gasteiger partial charge >= 0.3 is 5.97 Å². The van der Waals surface area contributed by atoms with Crippen LogP contribution in [0.5, 0.6) is 0 Å². The van der Waals surface area contributed by atoms with E-state index in [4.69, 9.17) is 5.73 Å². The van der Waals surface area contributed by atoms with Gasteiger partial charge in [0.1, 0.15) is 11.9 Å². The number of carbonyl (C=O) groups excluding carboxylic acids is 1. The zero-order chi connectivity index (χ0) is 10.6. The van der Waals surface area contributed by atoms with Crippen molar-refractivity contribution >= 4 is 5.97 Å². The largest absolute Gasteiger partial charge is 0.468 e. The van der Waals surface area contributed by atoms with Crippen molar-refractivity contribution in [2.75, 3.05) is 7.11 Å². The molecule has 14 heavy (non-hydrogen) atoms. The lowest BCUT2D eigenvalue weighted by molar-refractivity contribution is -0.142. The first-order chi connectivity index (χ1) is 6.65. The number of hydrogen-bond acceptors (Lipinski definition) is 3. The molecule has 0 radical (unpaired) electrons. The molecule has 2 N–H and O–H groups in total. The lowest BCUT2D eigenvalue weighted by Crippen LogP contribution is -2.33. The van der Waals surface area contributed by atoms with Crippen LogP contribution >= 0.6 is 0 Å². The maximum atomic E-state index is 13.1. The molecular weight excluding hydrogens is 185 g/mol. The summed E-state index contributed by atoms with van der Waals surface area (Å²) in [5, 5.41) is 0. The fraction of sp³-hybridized carbons (Fsp3) is 0.300. The topological polar surface area (TPSA) is 52.3 Å². The number of esters is 1. The molecule has 0 unspecified atom stereocenters. The van der Waals surface area contributed by atoms with E-state index in [1.807, 2.05) is 0 Å². The molecule has 0 fully saturated rings. The predicted octanol–water partition coefficient (Wildman–Crippen LogP) is 0.868. The molecule has 0 spiro atoms. The van der Waals surface area contributed by atoms with Crippen molar-refractivity contribution in [3.63, 3.8) is 0 Å². The van der Waals surface area contributed by atoms with E-state index in [2.05, 4.69) is 4.74 Å². The first kappa shape index (κ1) is 10.7. The second-order valence-electron chi connectivity index (χ2n) is 2.93. The van der Waals surface area contributed by atoms with Gasteiger partial charge in [0.15, 0.2) is 0 Å². The number of ether oxygens (including phenoxy) is 1. The van der Waals surface area contributed by atoms with Crippen LogP contribution in [0.25, 0.3) is 0 Å². The molecule has 0 aliphatic heterocycles. The summed E-state index contributed by atoms with van der Waals surface area (Å²) in [6.45, 7) is 0. The van der Waals surface area contributed by atoms with E-state index >= 15 is 0 Å². The van der Waals surface area contributed by atoms with Crippen LogP contribution in [0.4, 0.5) is 4.39 Å². The number of rotatable bonds is 3. The molecule has 1 aromatic rings. The highest BCUT2D eigenvalue weighted by Crippen LogP contribution is 2.08. The van der Waals surface area contributed by atoms with Gasteiger partial charge in [-0.15, -0.1) is 0 Å². The van der Waals surface area contributed by atoms with Crippen molar-refractivity contribution in [1.82, 2.24) is 0 Å². The molecule has 1 atom stereocenters. The average molecular weight is 197 g/mol. The van der Waals surface area contributed by atoms with Crippen molar-refractivity contribution in [2.45, 2.75) is 12.5 Å². The molecule has 0 saturated heterocycles. The smallest absolute Gasteiger partial charge is 0.322 e. The van der Waals surface area contributed by atoms with Gasteiger partial charge in [-0.05, 0) is 11.6 Å². The van der Waals surface area contributed by atoms with E-state index in [1.54, 1.807) is 18.2 Å². The Morgan fingerprint density at radius 1 is 1.57 bits per heavy atom. The summed E-state index contributed by atoms with van der Waals surface area (Å²) in [6.07, 6.45) is 0.152. The van der Waals surface area contributed by atoms with E-state index in [9.17, 15) is 9.18 Å². The lowest BCUT2D eigenvalue weighted by Gasteiger charge is -2.09. The van der Waals surface area contributed by atoms with Crippen molar-refractivity contribution in [3.8, 4) is 0 Å². The molecule has 0 amide bonds. The molecule has 0 saturated carbocycles. The molecule has 0 bridgehead atoms. The maximum absolute atomic E-state index is 13.1. The Bertz CT molecular complexity index is 328. The van der Waals surface area contributed by atoms with Crippen LogP contribution < -0.4 is 5.73 Å². The SMILES string of the molecule is COC(=O)[C@H](N)Cc1ccccc1F. The summed E-state index contributed by atoms with van der Waals surface area (Å²) in [6, 6.07) is 5.40. The molecule has 1 aromatic carbocycles. The summed E-state index contributed by atoms with van der Waals surface area (Å²) < 4.78 is 17.5. The van der Waals surface area contributed by atoms with Gasteiger partial charge in [0, 0.05) is 6.42 Å². The molecule has 0 aliphatic carbocycles. The highest BCUT2D eigenvalue weighted by molar-refractivity contribution is 5.75. The highest BCUT2D eigenvalue weighted by Gasteiger charge is 2.15. The van der Waals surface area contributed by atoms with Crippen LogP contribution in [0.15, 0.2) is 24.3 Å². The summed E-state index contributed by atoms with van der Waals surface area (Å²) in [7, 11) is 1.25. The molecule has 3 nitrogen and oxygen atoms in total. The second kappa shape index (κ2) is 4.72. The van der Waals surface area contributed by atoms with Crippen LogP contribution in [0.2, 0.25) is 0 Å². The van der Waals surface area contributed by atoms with Gasteiger partial charge in [0.05, 0.1) is 7.11 Å². The van der Waals surface area contributed by atoms with Crippen LogP contribution in [-0.4, -0.2) is 19.1 Å². The fourth-order valence-corrected chi connectivity index (χ4v) is 1.14. The number of carbonyl (C=O) groups is 1. The molecule has 76 valence electrons. The molecule has 0 heterocycles. The number of nitrogens with two attached hydrogens (primary N) is 1. The Morgan fingerprint density at radius 3 is 2.79 bits per heavy atom. The van der Waals surface area contributed by atoms with Gasteiger partial charge in [-0.2, -0.15) is 0 Å². The van der Waals surface area contributed by atoms with Crippen LogP contribution in [0, 0.1) is 5.82 Å². The number of benzene rings is 1. The fourth-order valence-electron chi connectivity index (χ4n) is 1.14. The van der Waals surface area contributed by atoms with E-state index < -0.39 is 12.0 Å². The Labute approximate surface area is 81.7 Å². The van der Waals surface area contributed by atoms with Gasteiger partial charge in [-0.1, -0.05) is 18.2 Å². The molecule has 1 rings (SSSR count). The van der Waals surface area contributed by atoms with Crippen LogP contribution in [0.1, 0.15) is 5.56 Å². The third-order valence-electron chi connectivity index (χ3n) is 1.90. The van der Waals surface area contributed by atoms with Gasteiger partial charge in [-0.25, -0.2) is 4.39 Å². The minimum atomic E-state index is -0.808. The van der Waals surface area contributed by atoms with Gasteiger partial charge in [0.2, 0.25) is 0 Å². The van der Waals surface area contributed by atoms with Crippen LogP contribution in [-0.2, 0) is 16.0 Å². The second-order valence-corrected chi connectivity index (χ2v) is 2.93. The van der Waals surface area contributed by atoms with Gasteiger partial charge in [-0.3, -0.25) is 4.79 Å². The normalized spacial score (nSPS) is 12.2. The van der Waals surface area contributed by atoms with Crippen molar-refractivity contribution in [3.05, 3.63) is 35.6 Å². The maximum Gasteiger partial charge on any atom is 0.322 e. The Kier molecular flexibility index (Phi) is 3.59. The minimum Gasteiger partial charge on any atom is -0.468 e. The van der Waals surface area contributed by atoms with Crippen LogP contribution in [0.3, 0.4) is 0 Å². The zero-order valence-corrected chi connectivity index (χ0v) is 7.87. The quantitative estimate of drug-likeness (QED) is 0.731. The predicted molar refractivity (Wildman–Crippen MR) is 50.1 cm³/mol. The number of methoxy groups -OCH3 is 1. The summed E-state index contributed by atoms with van der Waals surface area (Å²) in [4.78, 5) is 11.0. The molecule has 0 aromatic heterocycles. The van der Waals surface area contributed by atoms with E-state index in [0.29, 0.717) is 5.56 Å². The summed E-state index contributed by atoms with van der Waals surface area (Å²) >= 11 is 0. The third kappa shape index (κ3) is 2.53. The van der Waals surface area contributed by atoms with E-state index in [0.717, 1.165) is 0 Å². The molecule has 0 aliphatic rings. The number of hydrogen-bond donors (Lipinski definition) is 1. The first-order valence-electron chi connectivity index (χ1n) is 4.22. The summed E-state index contributed by atoms with van der Waals surface area (Å²) in [5.41, 5.74) is 5.91. The Morgan fingerprint density at radius 2 is 2.21 bits per heavy atom. The average Bonchev–Trinajstić information content (AvgIpc) is 2.20. The molecular formula is C10H12FNO2. The lowest BCUT2D eigenvalue weighted by atomic mass is 10.1. The minimum absolute atomic E-state index is 0.152. The first-order valence-corrected chi connectivity index (χ1v) is 4.22.